The molecule has 1 saturated heterocycles. The lowest BCUT2D eigenvalue weighted by Gasteiger charge is -2.30. The molecular formula is C20H20FN5O2. The summed E-state index contributed by atoms with van der Waals surface area (Å²) in [5.41, 5.74) is 5.92. The molecule has 0 spiro atoms. The molecule has 3 rings (SSSR count). The van der Waals surface area contributed by atoms with Gasteiger partial charge in [-0.25, -0.2) is 14.2 Å². The van der Waals surface area contributed by atoms with E-state index < -0.39 is 17.5 Å². The van der Waals surface area contributed by atoms with Crippen LogP contribution in [-0.2, 0) is 0 Å². The summed E-state index contributed by atoms with van der Waals surface area (Å²) in [5.74, 6) is 4.83. The maximum absolute atomic E-state index is 14.2. The molecule has 4 N–H and O–H groups in total. The molecule has 0 amide bonds. The Hall–Kier alpha value is -3.20. The molecule has 8 heteroatoms. The lowest BCUT2D eigenvalue weighted by Crippen LogP contribution is -2.41. The Morgan fingerprint density at radius 2 is 2.18 bits per heavy atom. The minimum absolute atomic E-state index is 0.0355. The third-order valence-electron chi connectivity index (χ3n) is 4.49. The number of hydrogen-bond donors (Lipinski definition) is 3. The minimum atomic E-state index is -0.934. The van der Waals surface area contributed by atoms with E-state index >= 15 is 0 Å². The van der Waals surface area contributed by atoms with Crippen LogP contribution in [0, 0.1) is 24.2 Å². The van der Waals surface area contributed by atoms with Crippen molar-refractivity contribution >= 4 is 11.6 Å². The second-order valence-electron chi connectivity index (χ2n) is 6.66. The molecule has 2 aromatic rings. The number of piperidine rings is 1. The zero-order chi connectivity index (χ0) is 20.3. The van der Waals surface area contributed by atoms with Crippen LogP contribution >= 0.6 is 0 Å². The average molecular weight is 381 g/mol. The molecule has 2 heterocycles. The molecule has 144 valence electrons. The molecule has 1 fully saturated rings. The molecule has 28 heavy (non-hydrogen) atoms. The van der Waals surface area contributed by atoms with Crippen molar-refractivity contribution in [1.82, 2.24) is 9.97 Å². The normalized spacial score (nSPS) is 15.5. The summed E-state index contributed by atoms with van der Waals surface area (Å²) in [4.78, 5) is 25.0. The number of aliphatic hydroxyl groups excluding tert-OH is 1. The van der Waals surface area contributed by atoms with Gasteiger partial charge in [0, 0.05) is 24.7 Å². The third kappa shape index (κ3) is 4.20. The van der Waals surface area contributed by atoms with Crippen molar-refractivity contribution in [2.75, 3.05) is 18.0 Å². The van der Waals surface area contributed by atoms with Crippen molar-refractivity contribution < 1.29 is 9.50 Å². The van der Waals surface area contributed by atoms with Crippen LogP contribution in [0.1, 0.15) is 25.3 Å². The number of nitrogens with one attached hydrogen (secondary N) is 1. The Kier molecular flexibility index (Phi) is 5.74. The number of nitrogens with two attached hydrogens (primary N) is 1. The van der Waals surface area contributed by atoms with E-state index in [2.05, 4.69) is 26.7 Å². The summed E-state index contributed by atoms with van der Waals surface area (Å²) in [7, 11) is 0. The van der Waals surface area contributed by atoms with E-state index in [4.69, 9.17) is 12.3 Å². The predicted octanol–water partition coefficient (Wildman–Crippen LogP) is 1.79. The molecule has 0 bridgehead atoms. The monoisotopic (exact) mass is 381 g/mol. The summed E-state index contributed by atoms with van der Waals surface area (Å²) in [5, 5.41) is 9.44. The average Bonchev–Trinajstić information content (AvgIpc) is 2.67. The lowest BCUT2D eigenvalue weighted by atomic mass is 10.1. The summed E-state index contributed by atoms with van der Waals surface area (Å²) in [6.07, 6.45) is 0.616. The first-order valence-electron chi connectivity index (χ1n) is 8.91. The third-order valence-corrected chi connectivity index (χ3v) is 4.49. The van der Waals surface area contributed by atoms with Gasteiger partial charge in [-0.1, -0.05) is 24.0 Å². The van der Waals surface area contributed by atoms with Crippen LogP contribution in [0.25, 0.3) is 16.1 Å². The van der Waals surface area contributed by atoms with Gasteiger partial charge in [-0.2, -0.15) is 0 Å². The lowest BCUT2D eigenvalue weighted by molar-refractivity contribution is 0.253. The van der Waals surface area contributed by atoms with Gasteiger partial charge in [0.2, 0.25) is 11.6 Å². The first-order chi connectivity index (χ1) is 13.4. The molecule has 1 unspecified atom stereocenters. The van der Waals surface area contributed by atoms with Crippen molar-refractivity contribution in [1.29, 1.82) is 0 Å². The highest BCUT2D eigenvalue weighted by molar-refractivity contribution is 5.70. The van der Waals surface area contributed by atoms with Gasteiger partial charge in [-0.15, -0.1) is 0 Å². The van der Waals surface area contributed by atoms with Crippen LogP contribution in [0.4, 0.5) is 16.0 Å². The van der Waals surface area contributed by atoms with Crippen molar-refractivity contribution in [3.8, 4) is 23.1 Å². The molecule has 7 nitrogen and oxygen atoms in total. The Balaban J connectivity index is 2.14. The van der Waals surface area contributed by atoms with Crippen molar-refractivity contribution in [2.24, 2.45) is 5.73 Å². The fourth-order valence-electron chi connectivity index (χ4n) is 2.97. The molecular weight excluding hydrogens is 361 g/mol. The van der Waals surface area contributed by atoms with Crippen LogP contribution in [0.15, 0.2) is 23.0 Å². The number of benzene rings is 1. The van der Waals surface area contributed by atoms with E-state index in [1.807, 2.05) is 4.90 Å². The zero-order valence-corrected chi connectivity index (χ0v) is 15.4. The van der Waals surface area contributed by atoms with E-state index in [9.17, 15) is 14.3 Å². The molecule has 1 aromatic heterocycles. The number of aliphatic hydroxyl groups is 1. The fraction of sp³-hybridized carbons (Fsp3) is 0.350. The molecule has 0 aliphatic carbocycles. The first-order valence-corrected chi connectivity index (χ1v) is 8.91. The number of rotatable bonds is 2. The van der Waals surface area contributed by atoms with Crippen molar-refractivity contribution in [2.45, 2.75) is 31.9 Å². The molecule has 0 radical (unpaired) electrons. The van der Waals surface area contributed by atoms with Gasteiger partial charge < -0.3 is 15.7 Å². The SMILES string of the molecule is [C-]#[N+]c1ccc(-c2nc(N3CCC(N)CC3)[nH]c(=O)c2C#CC(C)O)cc1F. The van der Waals surface area contributed by atoms with Crippen molar-refractivity contribution in [3.05, 3.63) is 51.4 Å². The summed E-state index contributed by atoms with van der Waals surface area (Å²) in [6, 6.07) is 4.15. The minimum Gasteiger partial charge on any atom is -0.381 e. The van der Waals surface area contributed by atoms with Gasteiger partial charge in [-0.05, 0) is 25.8 Å². The highest BCUT2D eigenvalue weighted by atomic mass is 19.1. The Morgan fingerprint density at radius 1 is 1.46 bits per heavy atom. The number of hydrogen-bond acceptors (Lipinski definition) is 5. The quantitative estimate of drug-likeness (QED) is 0.544. The summed E-state index contributed by atoms with van der Waals surface area (Å²) in [6.45, 7) is 9.75. The smallest absolute Gasteiger partial charge is 0.268 e. The fourth-order valence-corrected chi connectivity index (χ4v) is 2.97. The largest absolute Gasteiger partial charge is 0.381 e. The second-order valence-corrected chi connectivity index (χ2v) is 6.66. The van der Waals surface area contributed by atoms with Crippen LogP contribution in [-0.4, -0.2) is 40.3 Å². The number of H-pyrrole nitrogens is 1. The maximum Gasteiger partial charge on any atom is 0.268 e. The van der Waals surface area contributed by atoms with Crippen LogP contribution in [0.2, 0.25) is 0 Å². The predicted molar refractivity (Wildman–Crippen MR) is 104 cm³/mol. The maximum atomic E-state index is 14.2. The van der Waals surface area contributed by atoms with E-state index in [1.165, 1.54) is 25.1 Å². The molecule has 1 atom stereocenters. The van der Waals surface area contributed by atoms with Gasteiger partial charge in [0.25, 0.3) is 5.56 Å². The summed E-state index contributed by atoms with van der Waals surface area (Å²) < 4.78 is 14.2. The van der Waals surface area contributed by atoms with Gasteiger partial charge in [-0.3, -0.25) is 9.78 Å². The van der Waals surface area contributed by atoms with Gasteiger partial charge in [0.05, 0.1) is 12.3 Å². The first kappa shape index (κ1) is 19.6. The molecule has 0 saturated carbocycles. The van der Waals surface area contributed by atoms with Gasteiger partial charge in [0.15, 0.2) is 0 Å². The standard InChI is InChI=1S/C20H20FN5O2/c1-12(27)3-5-15-18(13-4-6-17(23-2)16(21)11-13)24-20(25-19(15)28)26-9-7-14(22)8-10-26/h4,6,11-12,14,27H,7-10,22H2,1H3,(H,24,25,28). The number of aromatic amines is 1. The topological polar surface area (TPSA) is 99.6 Å². The molecule has 1 aromatic carbocycles. The Bertz CT molecular complexity index is 1040. The number of nitrogens with zero attached hydrogens (tertiary/aromatic N) is 3. The second kappa shape index (κ2) is 8.22. The highest BCUT2D eigenvalue weighted by Crippen LogP contribution is 2.27. The van der Waals surface area contributed by atoms with Crippen molar-refractivity contribution in [3.63, 3.8) is 0 Å². The van der Waals surface area contributed by atoms with E-state index in [0.717, 1.165) is 12.8 Å². The zero-order valence-electron chi connectivity index (χ0n) is 15.4. The van der Waals surface area contributed by atoms with E-state index in [-0.39, 0.29) is 23.0 Å². The highest BCUT2D eigenvalue weighted by Gasteiger charge is 2.21. The van der Waals surface area contributed by atoms with Gasteiger partial charge in [0.1, 0.15) is 17.5 Å². The van der Waals surface area contributed by atoms with E-state index in [0.29, 0.717) is 24.6 Å². The molecule has 1 aliphatic heterocycles. The van der Waals surface area contributed by atoms with Crippen LogP contribution in [0.3, 0.4) is 0 Å². The van der Waals surface area contributed by atoms with E-state index in [1.54, 1.807) is 0 Å². The Morgan fingerprint density at radius 3 is 2.79 bits per heavy atom. The number of halogens is 1. The molecule has 1 aliphatic rings. The number of aromatic nitrogens is 2. The van der Waals surface area contributed by atoms with Gasteiger partial charge >= 0.3 is 0 Å². The number of anilines is 1. The van der Waals surface area contributed by atoms with Crippen LogP contribution < -0.4 is 16.2 Å². The Labute approximate surface area is 161 Å². The van der Waals surface area contributed by atoms with Crippen LogP contribution in [0.5, 0.6) is 0 Å². The summed E-state index contributed by atoms with van der Waals surface area (Å²) >= 11 is 0.